The topological polar surface area (TPSA) is 42.4 Å². The lowest BCUT2D eigenvalue weighted by Gasteiger charge is -2.40. The smallest absolute Gasteiger partial charge is 0.410 e. The van der Waals surface area contributed by atoms with Crippen molar-refractivity contribution in [2.75, 3.05) is 13.1 Å². The molecule has 0 bridgehead atoms. The fourth-order valence-corrected chi connectivity index (χ4v) is 2.28. The highest BCUT2D eigenvalue weighted by Crippen LogP contribution is 2.30. The minimum Gasteiger partial charge on any atom is -0.444 e. The van der Waals surface area contributed by atoms with Crippen LogP contribution in [-0.4, -0.2) is 34.7 Å². The van der Waals surface area contributed by atoms with Crippen LogP contribution < -0.4 is 0 Å². The molecular weight excluding hydrogens is 240 g/mol. The number of hydrogen-bond acceptors (Lipinski definition) is 3. The first-order valence-electron chi connectivity index (χ1n) is 6.81. The highest BCUT2D eigenvalue weighted by Gasteiger charge is 2.35. The van der Waals surface area contributed by atoms with Gasteiger partial charge in [0.05, 0.1) is 0 Å². The van der Waals surface area contributed by atoms with E-state index in [1.165, 1.54) is 11.1 Å². The summed E-state index contributed by atoms with van der Waals surface area (Å²) in [5, 5.41) is 0. The lowest BCUT2D eigenvalue weighted by Crippen LogP contribution is -2.50. The SMILES string of the molecule is CCc1ccncc1C1CN(C(=O)OC(C)(C)C)C1. The Hall–Kier alpha value is -1.58. The molecule has 0 saturated carbocycles. The van der Waals surface area contributed by atoms with E-state index in [0.717, 1.165) is 19.5 Å². The molecule has 104 valence electrons. The van der Waals surface area contributed by atoms with E-state index in [9.17, 15) is 4.79 Å². The molecule has 1 aliphatic heterocycles. The third kappa shape index (κ3) is 3.25. The minimum atomic E-state index is -0.426. The molecule has 0 N–H and O–H groups in total. The summed E-state index contributed by atoms with van der Waals surface area (Å²) in [5.41, 5.74) is 2.17. The summed E-state index contributed by atoms with van der Waals surface area (Å²) >= 11 is 0. The molecule has 0 spiro atoms. The molecule has 0 unspecified atom stereocenters. The van der Waals surface area contributed by atoms with Gasteiger partial charge in [0.2, 0.25) is 0 Å². The number of carbonyl (C=O) groups excluding carboxylic acids is 1. The summed E-state index contributed by atoms with van der Waals surface area (Å²) < 4.78 is 5.35. The molecule has 0 aromatic carbocycles. The summed E-state index contributed by atoms with van der Waals surface area (Å²) in [6, 6.07) is 2.06. The van der Waals surface area contributed by atoms with Crippen molar-refractivity contribution in [2.45, 2.75) is 45.6 Å². The summed E-state index contributed by atoms with van der Waals surface area (Å²) in [4.78, 5) is 17.8. The first kappa shape index (κ1) is 13.8. The number of carbonyl (C=O) groups is 1. The molecule has 1 aromatic rings. The molecule has 2 heterocycles. The van der Waals surface area contributed by atoms with Crippen LogP contribution in [0.1, 0.15) is 44.7 Å². The standard InChI is InChI=1S/C15H22N2O2/c1-5-11-6-7-16-8-13(11)12-9-17(10-12)14(18)19-15(2,3)4/h6-8,12H,5,9-10H2,1-4H3. The van der Waals surface area contributed by atoms with Crippen molar-refractivity contribution < 1.29 is 9.53 Å². The van der Waals surface area contributed by atoms with Crippen molar-refractivity contribution in [2.24, 2.45) is 0 Å². The Morgan fingerprint density at radius 2 is 2.16 bits per heavy atom. The van der Waals surface area contributed by atoms with Crippen LogP contribution in [-0.2, 0) is 11.2 Å². The van der Waals surface area contributed by atoms with Crippen molar-refractivity contribution in [1.29, 1.82) is 0 Å². The molecule has 4 heteroatoms. The normalized spacial score (nSPS) is 16.1. The van der Waals surface area contributed by atoms with Crippen molar-refractivity contribution in [3.63, 3.8) is 0 Å². The van der Waals surface area contributed by atoms with Gasteiger partial charge in [0.15, 0.2) is 0 Å². The van der Waals surface area contributed by atoms with Crippen LogP contribution in [0, 0.1) is 0 Å². The Balaban J connectivity index is 1.94. The van der Waals surface area contributed by atoms with Gasteiger partial charge in [-0.1, -0.05) is 6.92 Å². The Morgan fingerprint density at radius 3 is 2.74 bits per heavy atom. The Bertz CT molecular complexity index is 459. The molecule has 1 saturated heterocycles. The van der Waals surface area contributed by atoms with Gasteiger partial charge in [0.1, 0.15) is 5.60 Å². The molecule has 19 heavy (non-hydrogen) atoms. The monoisotopic (exact) mass is 262 g/mol. The maximum Gasteiger partial charge on any atom is 0.410 e. The molecule has 1 aliphatic rings. The van der Waals surface area contributed by atoms with E-state index in [4.69, 9.17) is 4.74 Å². The molecule has 0 radical (unpaired) electrons. The van der Waals surface area contributed by atoms with Gasteiger partial charge in [0, 0.05) is 31.4 Å². The summed E-state index contributed by atoms with van der Waals surface area (Å²) in [6.07, 6.45) is 4.54. The third-order valence-corrected chi connectivity index (χ3v) is 3.30. The predicted octanol–water partition coefficient (Wildman–Crippen LogP) is 2.98. The summed E-state index contributed by atoms with van der Waals surface area (Å²) in [7, 11) is 0. The van der Waals surface area contributed by atoms with Crippen molar-refractivity contribution in [3.8, 4) is 0 Å². The zero-order valence-corrected chi connectivity index (χ0v) is 12.1. The number of aryl methyl sites for hydroxylation is 1. The van der Waals surface area contributed by atoms with Crippen LogP contribution in [0.15, 0.2) is 18.5 Å². The van der Waals surface area contributed by atoms with Crippen molar-refractivity contribution in [3.05, 3.63) is 29.6 Å². The number of nitrogens with zero attached hydrogens (tertiary/aromatic N) is 2. The lowest BCUT2D eigenvalue weighted by atomic mass is 9.89. The molecule has 1 aromatic heterocycles. The zero-order chi connectivity index (χ0) is 14.0. The van der Waals surface area contributed by atoms with E-state index >= 15 is 0 Å². The maximum atomic E-state index is 11.9. The number of amides is 1. The van der Waals surface area contributed by atoms with Gasteiger partial charge in [-0.3, -0.25) is 4.98 Å². The Morgan fingerprint density at radius 1 is 1.47 bits per heavy atom. The number of aromatic nitrogens is 1. The maximum absolute atomic E-state index is 11.9. The molecule has 1 fully saturated rings. The van der Waals surface area contributed by atoms with Gasteiger partial charge >= 0.3 is 6.09 Å². The summed E-state index contributed by atoms with van der Waals surface area (Å²) in [6.45, 7) is 9.26. The highest BCUT2D eigenvalue weighted by atomic mass is 16.6. The van der Waals surface area contributed by atoms with E-state index in [1.807, 2.05) is 33.2 Å². The van der Waals surface area contributed by atoms with Crippen LogP contribution in [0.2, 0.25) is 0 Å². The molecular formula is C15H22N2O2. The van der Waals surface area contributed by atoms with Crippen molar-refractivity contribution >= 4 is 6.09 Å². The predicted molar refractivity (Wildman–Crippen MR) is 74.2 cm³/mol. The van der Waals surface area contributed by atoms with Crippen LogP contribution in [0.5, 0.6) is 0 Å². The molecule has 2 rings (SSSR count). The van der Waals surface area contributed by atoms with Gasteiger partial charge in [-0.2, -0.15) is 0 Å². The van der Waals surface area contributed by atoms with E-state index < -0.39 is 5.60 Å². The molecule has 4 nitrogen and oxygen atoms in total. The fraction of sp³-hybridized carbons (Fsp3) is 0.600. The van der Waals surface area contributed by atoms with Crippen LogP contribution in [0.25, 0.3) is 0 Å². The number of pyridine rings is 1. The number of ether oxygens (including phenoxy) is 1. The largest absolute Gasteiger partial charge is 0.444 e. The van der Waals surface area contributed by atoms with Gasteiger partial charge in [-0.15, -0.1) is 0 Å². The zero-order valence-electron chi connectivity index (χ0n) is 12.1. The van der Waals surface area contributed by atoms with Crippen LogP contribution in [0.4, 0.5) is 4.79 Å². The lowest BCUT2D eigenvalue weighted by molar-refractivity contribution is 0.00810. The summed E-state index contributed by atoms with van der Waals surface area (Å²) in [5.74, 6) is 0.399. The van der Waals surface area contributed by atoms with Gasteiger partial charge in [0.25, 0.3) is 0 Å². The first-order valence-corrected chi connectivity index (χ1v) is 6.81. The Kier molecular flexibility index (Phi) is 3.78. The van der Waals surface area contributed by atoms with E-state index in [1.54, 1.807) is 4.90 Å². The molecule has 0 atom stereocenters. The molecule has 1 amide bonds. The first-order chi connectivity index (χ1) is 8.90. The molecule has 0 aliphatic carbocycles. The van der Waals surface area contributed by atoms with Crippen LogP contribution >= 0.6 is 0 Å². The average Bonchev–Trinajstić information content (AvgIpc) is 2.25. The third-order valence-electron chi connectivity index (χ3n) is 3.30. The number of likely N-dealkylation sites (tertiary alicyclic amines) is 1. The van der Waals surface area contributed by atoms with Gasteiger partial charge in [-0.05, 0) is 44.4 Å². The average molecular weight is 262 g/mol. The second-order valence-corrected chi connectivity index (χ2v) is 6.01. The highest BCUT2D eigenvalue weighted by molar-refractivity contribution is 5.69. The van der Waals surface area contributed by atoms with E-state index in [0.29, 0.717) is 5.92 Å². The fourth-order valence-electron chi connectivity index (χ4n) is 2.28. The quantitative estimate of drug-likeness (QED) is 0.823. The number of rotatable bonds is 2. The van der Waals surface area contributed by atoms with E-state index in [2.05, 4.69) is 18.0 Å². The van der Waals surface area contributed by atoms with Crippen molar-refractivity contribution in [1.82, 2.24) is 9.88 Å². The van der Waals surface area contributed by atoms with Crippen LogP contribution in [0.3, 0.4) is 0 Å². The van der Waals surface area contributed by atoms with E-state index in [-0.39, 0.29) is 6.09 Å². The second kappa shape index (κ2) is 5.19. The van der Waals surface area contributed by atoms with Gasteiger partial charge in [-0.25, -0.2) is 4.79 Å². The second-order valence-electron chi connectivity index (χ2n) is 6.01. The number of hydrogen-bond donors (Lipinski definition) is 0. The minimum absolute atomic E-state index is 0.217. The Labute approximate surface area is 114 Å². The van der Waals surface area contributed by atoms with Gasteiger partial charge < -0.3 is 9.64 Å².